The molecule has 0 saturated heterocycles. The second-order valence-electron chi connectivity index (χ2n) is 10.4. The number of hydrogen-bond donors (Lipinski definition) is 3. The van der Waals surface area contributed by atoms with Crippen LogP contribution >= 0.6 is 0 Å². The summed E-state index contributed by atoms with van der Waals surface area (Å²) in [6, 6.07) is 5.64. The lowest BCUT2D eigenvalue weighted by molar-refractivity contribution is -0.154. The van der Waals surface area contributed by atoms with Gasteiger partial charge in [-0.3, -0.25) is 0 Å². The molecule has 1 aromatic heterocycles. The van der Waals surface area contributed by atoms with Crippen LogP contribution in [0.25, 0.3) is 0 Å². The molecule has 0 saturated carbocycles. The Morgan fingerprint density at radius 3 is 2.00 bits per heavy atom. The lowest BCUT2D eigenvalue weighted by atomic mass is 10.2. The normalized spacial score (nSPS) is 11.5. The summed E-state index contributed by atoms with van der Waals surface area (Å²) in [7, 11) is 1.26. The summed E-state index contributed by atoms with van der Waals surface area (Å²) in [5.74, 6) is -0.546. The molecule has 1 amide bonds. The number of nitrogens with zero attached hydrogens (tertiary/aromatic N) is 3. The Hall–Kier alpha value is -3.92. The molecule has 0 spiro atoms. The number of nitrogens with one attached hydrogen (secondary N) is 3. The standard InChI is InChI=1S/C28H41F3N6O7/c1-27(2,3)44-26(39)33-14-8-18-42-16-6-5-15-41-17-7-13-32-23-35-24(37-25(36-23)43-19-28(29,30)31)34-21-11-9-20(10-12-21)22(38)40-4/h9-12H,5-8,13-19H2,1-4H3,(H,33,39)(H2,32,34,35,36,37). The van der Waals surface area contributed by atoms with E-state index in [0.717, 1.165) is 12.8 Å². The predicted octanol–water partition coefficient (Wildman–Crippen LogP) is 4.87. The highest BCUT2D eigenvalue weighted by Crippen LogP contribution is 2.20. The van der Waals surface area contributed by atoms with Crippen LogP contribution in [0.15, 0.2) is 24.3 Å². The zero-order valence-corrected chi connectivity index (χ0v) is 25.4. The highest BCUT2D eigenvalue weighted by molar-refractivity contribution is 5.89. The van der Waals surface area contributed by atoms with Gasteiger partial charge in [-0.05, 0) is 70.7 Å². The number of unbranched alkanes of at least 4 members (excludes halogenated alkanes) is 1. The summed E-state index contributed by atoms with van der Waals surface area (Å²) in [5, 5.41) is 8.47. The number of ether oxygens (including phenoxy) is 5. The Kier molecular flexibility index (Phi) is 15.4. The predicted molar refractivity (Wildman–Crippen MR) is 155 cm³/mol. The Morgan fingerprint density at radius 1 is 0.818 bits per heavy atom. The summed E-state index contributed by atoms with van der Waals surface area (Å²) in [6.07, 6.45) is -2.11. The van der Waals surface area contributed by atoms with Crippen molar-refractivity contribution in [3.05, 3.63) is 29.8 Å². The van der Waals surface area contributed by atoms with E-state index in [1.807, 2.05) is 0 Å². The molecule has 0 radical (unpaired) electrons. The first-order chi connectivity index (χ1) is 20.8. The molecule has 13 nitrogen and oxygen atoms in total. The molecule has 2 rings (SSSR count). The van der Waals surface area contributed by atoms with E-state index in [4.69, 9.17) is 18.9 Å². The monoisotopic (exact) mass is 630 g/mol. The van der Waals surface area contributed by atoms with Crippen LogP contribution in [-0.2, 0) is 18.9 Å². The SMILES string of the molecule is COC(=O)c1ccc(Nc2nc(NCCCOCCCCOCCCNC(=O)OC(C)(C)C)nc(OCC(F)(F)F)n2)cc1. The van der Waals surface area contributed by atoms with E-state index in [0.29, 0.717) is 63.6 Å². The van der Waals surface area contributed by atoms with Crippen molar-refractivity contribution < 1.29 is 46.4 Å². The molecule has 0 aliphatic rings. The number of rotatable bonds is 19. The fraction of sp³-hybridized carbons (Fsp3) is 0.607. The number of hydrogen-bond acceptors (Lipinski definition) is 12. The van der Waals surface area contributed by atoms with Crippen molar-refractivity contribution >= 4 is 29.6 Å². The van der Waals surface area contributed by atoms with Crippen molar-refractivity contribution in [3.8, 4) is 6.01 Å². The Bertz CT molecular complexity index is 1150. The molecule has 0 fully saturated rings. The maximum absolute atomic E-state index is 12.7. The second-order valence-corrected chi connectivity index (χ2v) is 10.4. The lowest BCUT2D eigenvalue weighted by Gasteiger charge is -2.19. The van der Waals surface area contributed by atoms with E-state index in [1.165, 1.54) is 19.2 Å². The molecule has 2 aromatic rings. The summed E-state index contributed by atoms with van der Waals surface area (Å²) in [4.78, 5) is 35.2. The summed E-state index contributed by atoms with van der Waals surface area (Å²) >= 11 is 0. The van der Waals surface area contributed by atoms with E-state index < -0.39 is 36.5 Å². The Balaban J connectivity index is 1.67. The van der Waals surface area contributed by atoms with Gasteiger partial charge in [0.25, 0.3) is 0 Å². The number of carbonyl (C=O) groups excluding carboxylic acids is 2. The Labute approximate surface area is 254 Å². The number of esters is 1. The Morgan fingerprint density at radius 2 is 1.41 bits per heavy atom. The van der Waals surface area contributed by atoms with Crippen LogP contribution in [0.3, 0.4) is 0 Å². The third kappa shape index (κ3) is 16.6. The van der Waals surface area contributed by atoms with E-state index in [-0.39, 0.29) is 11.9 Å². The molecule has 246 valence electrons. The molecular formula is C28H41F3N6O7. The van der Waals surface area contributed by atoms with Crippen molar-refractivity contribution in [2.24, 2.45) is 0 Å². The quantitative estimate of drug-likeness (QED) is 0.143. The lowest BCUT2D eigenvalue weighted by Crippen LogP contribution is -2.33. The van der Waals surface area contributed by atoms with Crippen LogP contribution in [0.5, 0.6) is 6.01 Å². The molecule has 44 heavy (non-hydrogen) atoms. The van der Waals surface area contributed by atoms with Crippen molar-refractivity contribution in [1.29, 1.82) is 0 Å². The van der Waals surface area contributed by atoms with Gasteiger partial charge in [0.15, 0.2) is 6.61 Å². The van der Waals surface area contributed by atoms with E-state index in [2.05, 4.69) is 35.6 Å². The summed E-state index contributed by atoms with van der Waals surface area (Å²) < 4.78 is 63.7. The first kappa shape index (κ1) is 36.3. The summed E-state index contributed by atoms with van der Waals surface area (Å²) in [6.45, 7) is 6.83. The van der Waals surface area contributed by atoms with Crippen molar-refractivity contribution in [3.63, 3.8) is 0 Å². The number of halogens is 3. The van der Waals surface area contributed by atoms with Gasteiger partial charge in [-0.1, -0.05) is 0 Å². The minimum absolute atomic E-state index is 0.0179. The van der Waals surface area contributed by atoms with Gasteiger partial charge in [-0.15, -0.1) is 0 Å². The molecular weight excluding hydrogens is 589 g/mol. The topological polar surface area (TPSA) is 155 Å². The average molecular weight is 631 g/mol. The van der Waals surface area contributed by atoms with E-state index >= 15 is 0 Å². The van der Waals surface area contributed by atoms with Gasteiger partial charge < -0.3 is 39.6 Å². The molecule has 0 aliphatic heterocycles. The van der Waals surface area contributed by atoms with Gasteiger partial charge >= 0.3 is 24.2 Å². The number of aromatic nitrogens is 3. The first-order valence-corrected chi connectivity index (χ1v) is 14.1. The smallest absolute Gasteiger partial charge is 0.422 e. The van der Waals surface area contributed by atoms with Crippen LogP contribution < -0.4 is 20.7 Å². The number of alkyl carbamates (subject to hydrolysis) is 1. The van der Waals surface area contributed by atoms with Crippen LogP contribution in [0.4, 0.5) is 35.5 Å². The van der Waals surface area contributed by atoms with Crippen molar-refractivity contribution in [2.45, 2.75) is 58.2 Å². The number of anilines is 3. The molecule has 3 N–H and O–H groups in total. The van der Waals surface area contributed by atoms with Gasteiger partial charge in [-0.25, -0.2) is 9.59 Å². The molecule has 16 heteroatoms. The fourth-order valence-electron chi connectivity index (χ4n) is 3.30. The van der Waals surface area contributed by atoms with Crippen molar-refractivity contribution in [2.75, 3.05) is 63.9 Å². The fourth-order valence-corrected chi connectivity index (χ4v) is 3.30. The minimum atomic E-state index is -4.57. The van der Waals surface area contributed by atoms with Crippen LogP contribution in [0.2, 0.25) is 0 Å². The van der Waals surface area contributed by atoms with Crippen LogP contribution in [-0.4, -0.2) is 92.0 Å². The zero-order valence-electron chi connectivity index (χ0n) is 25.4. The molecule has 0 aliphatic carbocycles. The van der Waals surface area contributed by atoms with Crippen molar-refractivity contribution in [1.82, 2.24) is 20.3 Å². The number of amides is 1. The van der Waals surface area contributed by atoms with Gasteiger partial charge in [0.05, 0.1) is 12.7 Å². The average Bonchev–Trinajstić information content (AvgIpc) is 2.95. The maximum Gasteiger partial charge on any atom is 0.422 e. The molecule has 0 bridgehead atoms. The number of alkyl halides is 3. The number of methoxy groups -OCH3 is 1. The third-order valence-electron chi connectivity index (χ3n) is 5.25. The third-order valence-corrected chi connectivity index (χ3v) is 5.25. The van der Waals surface area contributed by atoms with Gasteiger partial charge in [0.1, 0.15) is 5.60 Å². The molecule has 1 aromatic carbocycles. The van der Waals surface area contributed by atoms with Gasteiger partial charge in [0.2, 0.25) is 11.9 Å². The minimum Gasteiger partial charge on any atom is -0.465 e. The maximum atomic E-state index is 12.7. The first-order valence-electron chi connectivity index (χ1n) is 14.1. The van der Waals surface area contributed by atoms with E-state index in [1.54, 1.807) is 32.9 Å². The second kappa shape index (κ2) is 18.7. The molecule has 0 atom stereocenters. The van der Waals surface area contributed by atoms with Gasteiger partial charge in [0, 0.05) is 45.2 Å². The van der Waals surface area contributed by atoms with Crippen LogP contribution in [0.1, 0.15) is 56.8 Å². The number of carbonyl (C=O) groups is 2. The molecule has 0 unspecified atom stereocenters. The molecule has 1 heterocycles. The highest BCUT2D eigenvalue weighted by atomic mass is 19.4. The number of benzene rings is 1. The highest BCUT2D eigenvalue weighted by Gasteiger charge is 2.29. The summed E-state index contributed by atoms with van der Waals surface area (Å²) in [5.41, 5.74) is 0.272. The van der Waals surface area contributed by atoms with Gasteiger partial charge in [-0.2, -0.15) is 28.1 Å². The van der Waals surface area contributed by atoms with Crippen LogP contribution in [0, 0.1) is 0 Å². The van der Waals surface area contributed by atoms with E-state index in [9.17, 15) is 22.8 Å². The zero-order chi connectivity index (χ0) is 32.4. The largest absolute Gasteiger partial charge is 0.465 e.